The average molecular weight is 349 g/mol. The first-order valence-electron chi connectivity index (χ1n) is 7.96. The van der Waals surface area contributed by atoms with Gasteiger partial charge in [0.2, 0.25) is 0 Å². The summed E-state index contributed by atoms with van der Waals surface area (Å²) in [6.45, 7) is 2.23. The molecule has 0 radical (unpaired) electrons. The van der Waals surface area contributed by atoms with E-state index in [9.17, 15) is 13.2 Å². The van der Waals surface area contributed by atoms with Crippen molar-refractivity contribution in [1.82, 2.24) is 15.2 Å². The summed E-state index contributed by atoms with van der Waals surface area (Å²) in [6, 6.07) is 0.447. The molecule has 2 fully saturated rings. The number of nitrogens with zero attached hydrogens (tertiary/aromatic N) is 2. The molecule has 1 aromatic rings. The maximum Gasteiger partial charge on any atom is 0.411 e. The third-order valence-corrected chi connectivity index (χ3v) is 5.56. The van der Waals surface area contributed by atoms with Gasteiger partial charge in [-0.2, -0.15) is 13.2 Å². The van der Waals surface area contributed by atoms with Crippen molar-refractivity contribution >= 4 is 11.3 Å². The van der Waals surface area contributed by atoms with Crippen molar-refractivity contribution in [3.63, 3.8) is 0 Å². The molecule has 2 heterocycles. The topological polar surface area (TPSA) is 37.4 Å². The van der Waals surface area contributed by atoms with Gasteiger partial charge in [-0.05, 0) is 37.8 Å². The molecule has 0 unspecified atom stereocenters. The first-order chi connectivity index (χ1) is 11.0. The summed E-state index contributed by atoms with van der Waals surface area (Å²) in [5, 5.41) is 6.32. The zero-order valence-electron chi connectivity index (χ0n) is 12.9. The summed E-state index contributed by atoms with van der Waals surface area (Å²) in [6.07, 6.45) is 0.950. The van der Waals surface area contributed by atoms with Gasteiger partial charge in [-0.1, -0.05) is 0 Å². The van der Waals surface area contributed by atoms with E-state index in [1.165, 1.54) is 0 Å². The van der Waals surface area contributed by atoms with E-state index in [2.05, 4.69) is 15.2 Å². The van der Waals surface area contributed by atoms with Crippen LogP contribution in [0.25, 0.3) is 0 Å². The molecular weight excluding hydrogens is 327 g/mol. The number of nitrogens with one attached hydrogen (secondary N) is 1. The van der Waals surface area contributed by atoms with E-state index >= 15 is 0 Å². The van der Waals surface area contributed by atoms with Crippen molar-refractivity contribution in [3.8, 4) is 0 Å². The van der Waals surface area contributed by atoms with Gasteiger partial charge in [0.15, 0.2) is 0 Å². The third kappa shape index (κ3) is 4.65. The monoisotopic (exact) mass is 349 g/mol. The summed E-state index contributed by atoms with van der Waals surface area (Å²) >= 11 is 1.59. The fourth-order valence-electron chi connectivity index (χ4n) is 3.52. The van der Waals surface area contributed by atoms with Gasteiger partial charge < -0.3 is 10.1 Å². The molecule has 4 nitrogen and oxygen atoms in total. The Morgan fingerprint density at radius 2 is 2.17 bits per heavy atom. The van der Waals surface area contributed by atoms with Crippen molar-refractivity contribution in [2.24, 2.45) is 5.41 Å². The first-order valence-corrected chi connectivity index (χ1v) is 8.84. The molecule has 2 aliphatic rings. The second-order valence-corrected chi connectivity index (χ2v) is 7.38. The fraction of sp³-hybridized carbons (Fsp3) is 0.800. The first kappa shape index (κ1) is 17.1. The largest absolute Gasteiger partial charge is 0.411 e. The van der Waals surface area contributed by atoms with Crippen LogP contribution in [0.5, 0.6) is 0 Å². The molecule has 0 bridgehead atoms. The lowest BCUT2D eigenvalue weighted by atomic mass is 9.93. The number of halogens is 3. The molecule has 23 heavy (non-hydrogen) atoms. The zero-order valence-corrected chi connectivity index (χ0v) is 13.8. The van der Waals surface area contributed by atoms with Crippen molar-refractivity contribution in [1.29, 1.82) is 0 Å². The van der Waals surface area contributed by atoms with E-state index in [4.69, 9.17) is 4.74 Å². The van der Waals surface area contributed by atoms with Crippen molar-refractivity contribution in [2.75, 3.05) is 32.8 Å². The van der Waals surface area contributed by atoms with E-state index in [1.807, 2.05) is 5.38 Å². The molecule has 3 rings (SSSR count). The average Bonchev–Trinajstić information content (AvgIpc) is 2.95. The second-order valence-electron chi connectivity index (χ2n) is 6.40. The van der Waals surface area contributed by atoms with Crippen molar-refractivity contribution < 1.29 is 17.9 Å². The van der Waals surface area contributed by atoms with Gasteiger partial charge in [-0.15, -0.1) is 11.3 Å². The number of aromatic nitrogens is 1. The molecule has 0 amide bonds. The molecule has 1 spiro atoms. The molecule has 1 aliphatic carbocycles. The normalized spacial score (nSPS) is 23.6. The van der Waals surface area contributed by atoms with Gasteiger partial charge in [0.1, 0.15) is 11.6 Å². The predicted octanol–water partition coefficient (Wildman–Crippen LogP) is 2.67. The van der Waals surface area contributed by atoms with Gasteiger partial charge in [-0.3, -0.25) is 4.90 Å². The highest BCUT2D eigenvalue weighted by Gasteiger charge is 2.56. The van der Waals surface area contributed by atoms with Crippen molar-refractivity contribution in [3.05, 3.63) is 16.6 Å². The molecule has 130 valence electrons. The van der Waals surface area contributed by atoms with Crippen LogP contribution >= 0.6 is 11.3 Å². The van der Waals surface area contributed by atoms with E-state index in [0.29, 0.717) is 24.5 Å². The number of alkyl halides is 3. The van der Waals surface area contributed by atoms with Crippen LogP contribution in [0.3, 0.4) is 0 Å². The maximum absolute atomic E-state index is 12.2. The standard InChI is InChI=1S/C15H22F3N3OS/c16-15(17,18)11-22-7-6-21(10-13-20-5-8-23-13)12-9-14(12)1-3-19-4-2-14/h5,8,12,19H,1-4,6-7,9-11H2/t12-/m1/s1. The smallest absolute Gasteiger partial charge is 0.371 e. The molecule has 8 heteroatoms. The van der Waals surface area contributed by atoms with Crippen LogP contribution in [-0.2, 0) is 11.3 Å². The van der Waals surface area contributed by atoms with Crippen LogP contribution in [0, 0.1) is 5.41 Å². The third-order valence-electron chi connectivity index (χ3n) is 4.80. The zero-order chi connectivity index (χ0) is 16.3. The molecule has 1 aliphatic heterocycles. The van der Waals surface area contributed by atoms with E-state index < -0.39 is 12.8 Å². The van der Waals surface area contributed by atoms with Crippen LogP contribution in [0.15, 0.2) is 11.6 Å². The Balaban J connectivity index is 1.54. The second kappa shape index (κ2) is 7.04. The fourth-order valence-corrected chi connectivity index (χ4v) is 4.17. The number of thiazole rings is 1. The summed E-state index contributed by atoms with van der Waals surface area (Å²) in [4.78, 5) is 6.58. The lowest BCUT2D eigenvalue weighted by Gasteiger charge is -2.29. The summed E-state index contributed by atoms with van der Waals surface area (Å²) < 4.78 is 41.4. The summed E-state index contributed by atoms with van der Waals surface area (Å²) in [7, 11) is 0. The molecule has 1 saturated carbocycles. The molecular formula is C15H22F3N3OS. The van der Waals surface area contributed by atoms with Crippen molar-refractivity contribution in [2.45, 2.75) is 38.0 Å². The Labute approximate surface area is 138 Å². The Morgan fingerprint density at radius 3 is 2.83 bits per heavy atom. The lowest BCUT2D eigenvalue weighted by Crippen LogP contribution is -2.37. The molecule has 1 saturated heterocycles. The van der Waals surface area contributed by atoms with Crippen LogP contribution in [0.2, 0.25) is 0 Å². The van der Waals surface area contributed by atoms with Gasteiger partial charge >= 0.3 is 6.18 Å². The van der Waals surface area contributed by atoms with Gasteiger partial charge in [0.25, 0.3) is 0 Å². The molecule has 0 aromatic carbocycles. The highest BCUT2D eigenvalue weighted by atomic mass is 32.1. The Morgan fingerprint density at radius 1 is 1.39 bits per heavy atom. The lowest BCUT2D eigenvalue weighted by molar-refractivity contribution is -0.174. The SMILES string of the molecule is FC(F)(F)COCCN(Cc1nccs1)[C@@H]1CC12CCNCC2. The van der Waals surface area contributed by atoms with Crippen LogP contribution in [0.4, 0.5) is 13.2 Å². The van der Waals surface area contributed by atoms with Gasteiger partial charge in [0.05, 0.1) is 13.2 Å². The minimum atomic E-state index is -4.25. The highest BCUT2D eigenvalue weighted by molar-refractivity contribution is 7.09. The Bertz CT molecular complexity index is 489. The van der Waals surface area contributed by atoms with E-state index in [-0.39, 0.29) is 6.61 Å². The summed E-state index contributed by atoms with van der Waals surface area (Å²) in [5.41, 5.74) is 0.354. The Kier molecular flexibility index (Phi) is 5.25. The van der Waals surface area contributed by atoms with Gasteiger partial charge in [0, 0.05) is 24.2 Å². The molecule has 1 atom stereocenters. The van der Waals surface area contributed by atoms with E-state index in [0.717, 1.165) is 37.4 Å². The van der Waals surface area contributed by atoms with Crippen LogP contribution in [0.1, 0.15) is 24.3 Å². The summed E-state index contributed by atoms with van der Waals surface area (Å²) in [5.74, 6) is 0. The minimum Gasteiger partial charge on any atom is -0.371 e. The highest BCUT2D eigenvalue weighted by Crippen LogP contribution is 2.55. The van der Waals surface area contributed by atoms with E-state index in [1.54, 1.807) is 17.5 Å². The Hall–Kier alpha value is -0.700. The number of ether oxygens (including phenoxy) is 1. The molecule has 1 N–H and O–H groups in total. The molecule has 1 aromatic heterocycles. The number of hydrogen-bond acceptors (Lipinski definition) is 5. The predicted molar refractivity (Wildman–Crippen MR) is 82.3 cm³/mol. The van der Waals surface area contributed by atoms with Crippen LogP contribution < -0.4 is 5.32 Å². The number of hydrogen-bond donors (Lipinski definition) is 1. The van der Waals surface area contributed by atoms with Crippen LogP contribution in [-0.4, -0.2) is 55.0 Å². The quantitative estimate of drug-likeness (QED) is 0.768. The number of piperidine rings is 1. The number of rotatable bonds is 7. The van der Waals surface area contributed by atoms with Gasteiger partial charge in [-0.25, -0.2) is 4.98 Å². The minimum absolute atomic E-state index is 0.107. The maximum atomic E-state index is 12.2.